The van der Waals surface area contributed by atoms with Gasteiger partial charge >= 0.3 is 6.03 Å². The van der Waals surface area contributed by atoms with Crippen LogP contribution in [0.25, 0.3) is 0 Å². The Bertz CT molecular complexity index is 658. The second-order valence-corrected chi connectivity index (χ2v) is 4.33. The molecule has 5 nitrogen and oxygen atoms in total. The Hall–Kier alpha value is -2.53. The van der Waals surface area contributed by atoms with Crippen molar-refractivity contribution in [3.05, 3.63) is 54.1 Å². The molecule has 4 N–H and O–H groups in total. The first kappa shape index (κ1) is 13.9. The minimum atomic E-state index is -0.639. The van der Waals surface area contributed by atoms with Crippen LogP contribution in [-0.2, 0) is 0 Å². The number of anilines is 3. The average molecular weight is 290 g/mol. The number of nitrogens with two attached hydrogens (primary N) is 1. The quantitative estimate of drug-likeness (QED) is 0.599. The summed E-state index contributed by atoms with van der Waals surface area (Å²) in [5.74, 6) is 0. The van der Waals surface area contributed by atoms with Crippen molar-refractivity contribution in [2.75, 3.05) is 16.4 Å². The number of nitrogens with one attached hydrogen (secondary N) is 2. The summed E-state index contributed by atoms with van der Waals surface area (Å²) < 4.78 is 0. The molecule has 2 rings (SSSR count). The molecule has 0 aromatic heterocycles. The van der Waals surface area contributed by atoms with Crippen molar-refractivity contribution in [3.8, 4) is 0 Å². The van der Waals surface area contributed by atoms with Crippen LogP contribution < -0.4 is 16.4 Å². The lowest BCUT2D eigenvalue weighted by atomic mass is 10.2. The van der Waals surface area contributed by atoms with E-state index in [1.807, 2.05) is 0 Å². The molecular weight excluding hydrogens is 278 g/mol. The Morgan fingerprint density at radius 1 is 0.900 bits per heavy atom. The minimum absolute atomic E-state index is 0.227. The van der Waals surface area contributed by atoms with E-state index in [1.165, 1.54) is 6.07 Å². The summed E-state index contributed by atoms with van der Waals surface area (Å²) in [5, 5.41) is 4.51. The predicted octanol–water partition coefficient (Wildman–Crippen LogP) is 3.29. The highest BCUT2D eigenvalue weighted by molar-refractivity contribution is 6.68. The van der Waals surface area contributed by atoms with Gasteiger partial charge in [-0.2, -0.15) is 0 Å². The van der Waals surface area contributed by atoms with Crippen LogP contribution in [0.5, 0.6) is 0 Å². The fourth-order valence-electron chi connectivity index (χ4n) is 1.65. The second kappa shape index (κ2) is 6.08. The molecule has 2 aromatic carbocycles. The zero-order chi connectivity index (χ0) is 14.5. The van der Waals surface area contributed by atoms with Crippen molar-refractivity contribution in [1.29, 1.82) is 0 Å². The Morgan fingerprint density at radius 2 is 1.45 bits per heavy atom. The second-order valence-electron chi connectivity index (χ2n) is 3.99. The van der Waals surface area contributed by atoms with Crippen LogP contribution in [0.2, 0.25) is 0 Å². The zero-order valence-electron chi connectivity index (χ0n) is 10.4. The van der Waals surface area contributed by atoms with Gasteiger partial charge in [-0.05, 0) is 35.9 Å². The number of hydrogen-bond acceptors (Lipinski definition) is 3. The van der Waals surface area contributed by atoms with Crippen LogP contribution >= 0.6 is 11.6 Å². The van der Waals surface area contributed by atoms with Gasteiger partial charge in [0.05, 0.1) is 22.6 Å². The molecule has 0 aliphatic heterocycles. The zero-order valence-corrected chi connectivity index (χ0v) is 11.1. The van der Waals surface area contributed by atoms with Gasteiger partial charge in [-0.15, -0.1) is 0 Å². The van der Waals surface area contributed by atoms with Crippen molar-refractivity contribution < 1.29 is 9.59 Å². The summed E-state index contributed by atoms with van der Waals surface area (Å²) in [6.45, 7) is 0. The number of rotatable bonds is 3. The Balaban J connectivity index is 2.13. The summed E-state index contributed by atoms with van der Waals surface area (Å²) in [7, 11) is 0. The van der Waals surface area contributed by atoms with Gasteiger partial charge in [0.1, 0.15) is 0 Å². The maximum absolute atomic E-state index is 11.9. The normalized spacial score (nSPS) is 9.85. The highest BCUT2D eigenvalue weighted by atomic mass is 35.5. The number of amides is 2. The standard InChI is InChI=1S/C14H12ClN3O2/c15-13(19)9-5-1-3-7-11(9)17-14(20)18-12-8-4-2-6-10(12)16/h1-8H,16H2,(H2,17,18,20). The largest absolute Gasteiger partial charge is 0.397 e. The SMILES string of the molecule is Nc1ccccc1NC(=O)Nc1ccccc1C(=O)Cl. The summed E-state index contributed by atoms with van der Waals surface area (Å²) >= 11 is 5.45. The van der Waals surface area contributed by atoms with Crippen molar-refractivity contribution in [1.82, 2.24) is 0 Å². The number of carbonyl (C=O) groups excluding carboxylic acids is 2. The molecule has 0 heterocycles. The molecule has 20 heavy (non-hydrogen) atoms. The Labute approximate surface area is 120 Å². The van der Waals surface area contributed by atoms with Crippen molar-refractivity contribution in [3.63, 3.8) is 0 Å². The van der Waals surface area contributed by atoms with E-state index in [0.29, 0.717) is 17.1 Å². The number of benzene rings is 2. The van der Waals surface area contributed by atoms with Gasteiger partial charge in [0, 0.05) is 0 Å². The smallest absolute Gasteiger partial charge is 0.323 e. The van der Waals surface area contributed by atoms with E-state index >= 15 is 0 Å². The average Bonchev–Trinajstić information content (AvgIpc) is 2.41. The fraction of sp³-hybridized carbons (Fsp3) is 0. The van der Waals surface area contributed by atoms with Crippen LogP contribution in [0, 0.1) is 0 Å². The van der Waals surface area contributed by atoms with E-state index in [1.54, 1.807) is 42.5 Å². The molecule has 0 saturated heterocycles. The van der Waals surface area contributed by atoms with Crippen molar-refractivity contribution in [2.45, 2.75) is 0 Å². The molecule has 2 amide bonds. The lowest BCUT2D eigenvalue weighted by molar-refractivity contribution is 0.108. The molecule has 0 fully saturated rings. The van der Waals surface area contributed by atoms with E-state index in [2.05, 4.69) is 10.6 Å². The minimum Gasteiger partial charge on any atom is -0.397 e. The van der Waals surface area contributed by atoms with Crippen LogP contribution in [0.15, 0.2) is 48.5 Å². The maximum Gasteiger partial charge on any atom is 0.323 e. The fourth-order valence-corrected chi connectivity index (χ4v) is 1.82. The van der Waals surface area contributed by atoms with Gasteiger partial charge in [0.25, 0.3) is 5.24 Å². The summed E-state index contributed by atoms with van der Waals surface area (Å²) in [6.07, 6.45) is 0. The molecule has 0 saturated carbocycles. The predicted molar refractivity (Wildman–Crippen MR) is 80.1 cm³/mol. The molecule has 0 atom stereocenters. The number of para-hydroxylation sites is 3. The number of nitrogen functional groups attached to an aromatic ring is 1. The first-order valence-corrected chi connectivity index (χ1v) is 6.17. The maximum atomic E-state index is 11.9. The van der Waals surface area contributed by atoms with Crippen LogP contribution in [0.4, 0.5) is 21.9 Å². The molecule has 0 aliphatic rings. The van der Waals surface area contributed by atoms with Crippen molar-refractivity contribution in [2.24, 2.45) is 0 Å². The summed E-state index contributed by atoms with van der Waals surface area (Å²) in [5.41, 5.74) is 7.22. The Morgan fingerprint density at radius 3 is 2.10 bits per heavy atom. The lowest BCUT2D eigenvalue weighted by Gasteiger charge is -2.11. The third kappa shape index (κ3) is 3.27. The molecule has 0 spiro atoms. The molecule has 0 bridgehead atoms. The van der Waals surface area contributed by atoms with Gasteiger partial charge in [-0.1, -0.05) is 24.3 Å². The first-order valence-electron chi connectivity index (χ1n) is 5.79. The summed E-state index contributed by atoms with van der Waals surface area (Å²) in [4.78, 5) is 23.1. The topological polar surface area (TPSA) is 84.2 Å². The number of urea groups is 1. The third-order valence-electron chi connectivity index (χ3n) is 2.60. The van der Waals surface area contributed by atoms with E-state index < -0.39 is 11.3 Å². The molecule has 0 unspecified atom stereocenters. The number of carbonyl (C=O) groups is 2. The van der Waals surface area contributed by atoms with Crippen LogP contribution in [0.3, 0.4) is 0 Å². The van der Waals surface area contributed by atoms with Gasteiger partial charge < -0.3 is 16.4 Å². The molecule has 0 aliphatic carbocycles. The van der Waals surface area contributed by atoms with Gasteiger partial charge in [0.15, 0.2) is 0 Å². The van der Waals surface area contributed by atoms with E-state index in [-0.39, 0.29) is 5.56 Å². The highest BCUT2D eigenvalue weighted by Gasteiger charge is 2.11. The summed E-state index contributed by atoms with van der Waals surface area (Å²) in [6, 6.07) is 12.8. The van der Waals surface area contributed by atoms with E-state index in [9.17, 15) is 9.59 Å². The number of halogens is 1. The molecule has 0 radical (unpaired) electrons. The number of hydrogen-bond donors (Lipinski definition) is 3. The Kier molecular flexibility index (Phi) is 4.22. The van der Waals surface area contributed by atoms with Gasteiger partial charge in [-0.25, -0.2) is 4.79 Å². The van der Waals surface area contributed by atoms with Crippen LogP contribution in [0.1, 0.15) is 10.4 Å². The van der Waals surface area contributed by atoms with Gasteiger partial charge in [0.2, 0.25) is 0 Å². The molecule has 102 valence electrons. The lowest BCUT2D eigenvalue weighted by Crippen LogP contribution is -2.21. The van der Waals surface area contributed by atoms with E-state index in [4.69, 9.17) is 17.3 Å². The van der Waals surface area contributed by atoms with Crippen molar-refractivity contribution >= 4 is 39.9 Å². The van der Waals surface area contributed by atoms with Gasteiger partial charge in [-0.3, -0.25) is 4.79 Å². The monoisotopic (exact) mass is 289 g/mol. The first-order chi connectivity index (χ1) is 9.58. The third-order valence-corrected chi connectivity index (χ3v) is 2.80. The van der Waals surface area contributed by atoms with E-state index in [0.717, 1.165) is 0 Å². The molecular formula is C14H12ClN3O2. The van der Waals surface area contributed by atoms with Crippen LogP contribution in [-0.4, -0.2) is 11.3 Å². The highest BCUT2D eigenvalue weighted by Crippen LogP contribution is 2.19. The molecule has 2 aromatic rings. The molecule has 6 heteroatoms.